The van der Waals surface area contributed by atoms with Crippen molar-refractivity contribution in [3.63, 3.8) is 0 Å². The lowest BCUT2D eigenvalue weighted by atomic mass is 9.76. The Labute approximate surface area is 201 Å². The van der Waals surface area contributed by atoms with Gasteiger partial charge in [-0.1, -0.05) is 50.8 Å². The van der Waals surface area contributed by atoms with Crippen LogP contribution in [0.4, 0.5) is 26.3 Å². The average molecular weight is 495 g/mol. The van der Waals surface area contributed by atoms with Gasteiger partial charge in [0, 0.05) is 5.39 Å². The highest BCUT2D eigenvalue weighted by Crippen LogP contribution is 2.40. The van der Waals surface area contributed by atoms with E-state index >= 15 is 8.78 Å². The molecule has 1 saturated carbocycles. The molecule has 1 nitrogen and oxygen atoms in total. The van der Waals surface area contributed by atoms with E-state index in [-0.39, 0.29) is 27.8 Å². The topological polar surface area (TPSA) is 9.23 Å². The van der Waals surface area contributed by atoms with Gasteiger partial charge in [0.15, 0.2) is 11.6 Å². The van der Waals surface area contributed by atoms with Crippen LogP contribution in [-0.4, -0.2) is 6.36 Å². The van der Waals surface area contributed by atoms with Gasteiger partial charge >= 0.3 is 6.36 Å². The molecule has 0 radical (unpaired) electrons. The summed E-state index contributed by atoms with van der Waals surface area (Å²) in [7, 11) is 0. The lowest BCUT2D eigenvalue weighted by Crippen LogP contribution is -2.18. The van der Waals surface area contributed by atoms with Crippen molar-refractivity contribution in [3.8, 4) is 16.9 Å². The molecule has 0 heterocycles. The lowest BCUT2D eigenvalue weighted by Gasteiger charge is -2.29. The molecule has 1 aliphatic rings. The van der Waals surface area contributed by atoms with Gasteiger partial charge in [0.25, 0.3) is 0 Å². The van der Waals surface area contributed by atoms with Crippen molar-refractivity contribution in [3.05, 3.63) is 65.5 Å². The molecule has 7 heteroatoms. The molecular weight excluding hydrogens is 466 g/mol. The third kappa shape index (κ3) is 5.93. The zero-order valence-electron chi connectivity index (χ0n) is 19.5. The number of hydrogen-bond acceptors (Lipinski definition) is 1. The number of fused-ring (bicyclic) bond motifs is 1. The Morgan fingerprint density at radius 2 is 1.54 bits per heavy atom. The number of benzene rings is 3. The maximum Gasteiger partial charge on any atom is 0.573 e. The molecule has 0 atom stereocenters. The van der Waals surface area contributed by atoms with E-state index in [1.54, 1.807) is 0 Å². The molecule has 4 rings (SSSR count). The number of rotatable bonds is 7. The minimum absolute atomic E-state index is 0.119. The molecule has 0 bridgehead atoms. The second-order valence-corrected chi connectivity index (χ2v) is 9.43. The van der Waals surface area contributed by atoms with E-state index in [4.69, 9.17) is 0 Å². The van der Waals surface area contributed by atoms with Gasteiger partial charge in [0.1, 0.15) is 11.6 Å². The Morgan fingerprint density at radius 1 is 0.857 bits per heavy atom. The minimum atomic E-state index is -5.03. The smallest absolute Gasteiger partial charge is 0.403 e. The summed E-state index contributed by atoms with van der Waals surface area (Å²) in [5, 5.41) is 0.0717. The molecule has 0 amide bonds. The first kappa shape index (κ1) is 25.4. The number of hydrogen-bond donors (Lipinski definition) is 0. The summed E-state index contributed by atoms with van der Waals surface area (Å²) in [5.41, 5.74) is 0.596. The van der Waals surface area contributed by atoms with Gasteiger partial charge in [-0.15, -0.1) is 13.2 Å². The van der Waals surface area contributed by atoms with Crippen molar-refractivity contribution < 1.29 is 31.1 Å². The van der Waals surface area contributed by atoms with E-state index in [9.17, 15) is 17.6 Å². The van der Waals surface area contributed by atoms with Crippen LogP contribution in [0.1, 0.15) is 69.8 Å². The number of unbranched alkanes of at least 4 members (excludes halogenated alkanes) is 2. The fourth-order valence-corrected chi connectivity index (χ4v) is 5.20. The zero-order chi connectivity index (χ0) is 25.2. The first-order valence-corrected chi connectivity index (χ1v) is 12.1. The van der Waals surface area contributed by atoms with Crippen LogP contribution in [0, 0.1) is 23.4 Å². The molecule has 1 aliphatic carbocycles. The summed E-state index contributed by atoms with van der Waals surface area (Å²) in [6, 6.07) is 8.70. The lowest BCUT2D eigenvalue weighted by molar-refractivity contribution is -0.275. The molecule has 188 valence electrons. The molecule has 0 aliphatic heterocycles. The Kier molecular flexibility index (Phi) is 7.62. The first-order chi connectivity index (χ1) is 16.7. The molecular formula is C28H28F6O. The highest BCUT2D eigenvalue weighted by molar-refractivity contribution is 5.89. The number of halogens is 6. The highest BCUT2D eigenvalue weighted by Gasteiger charge is 2.32. The van der Waals surface area contributed by atoms with E-state index < -0.39 is 29.6 Å². The fraction of sp³-hybridized carbons (Fsp3) is 0.429. The SMILES string of the molecule is CCCCCC1CCC(c2cc(F)c(-c3ccc4c(F)c(OC(F)(F)F)ccc4c3)c(F)c2)CC1. The average Bonchev–Trinajstić information content (AvgIpc) is 2.80. The summed E-state index contributed by atoms with van der Waals surface area (Å²) in [6.07, 6.45) is 3.80. The Hall–Kier alpha value is -2.70. The van der Waals surface area contributed by atoms with Gasteiger partial charge in [-0.05, 0) is 78.3 Å². The van der Waals surface area contributed by atoms with Gasteiger partial charge in [0.05, 0.1) is 5.56 Å². The van der Waals surface area contributed by atoms with Crippen LogP contribution < -0.4 is 4.74 Å². The molecule has 0 saturated heterocycles. The van der Waals surface area contributed by atoms with E-state index in [0.29, 0.717) is 11.5 Å². The molecule has 1 fully saturated rings. The largest absolute Gasteiger partial charge is 0.573 e. The van der Waals surface area contributed by atoms with E-state index in [0.717, 1.165) is 31.7 Å². The number of ether oxygens (including phenoxy) is 1. The van der Waals surface area contributed by atoms with Gasteiger partial charge < -0.3 is 4.74 Å². The molecule has 0 spiro atoms. The van der Waals surface area contributed by atoms with E-state index in [1.165, 1.54) is 62.1 Å². The predicted octanol–water partition coefficient (Wildman–Crippen LogP) is 9.68. The third-order valence-corrected chi connectivity index (χ3v) is 7.03. The second-order valence-electron chi connectivity index (χ2n) is 9.43. The highest BCUT2D eigenvalue weighted by atomic mass is 19.4. The summed E-state index contributed by atoms with van der Waals surface area (Å²) in [6.45, 7) is 2.18. The maximum atomic E-state index is 15.1. The minimum Gasteiger partial charge on any atom is -0.403 e. The van der Waals surface area contributed by atoms with Crippen molar-refractivity contribution in [2.45, 2.75) is 70.6 Å². The molecule has 0 N–H and O–H groups in total. The van der Waals surface area contributed by atoms with E-state index in [1.807, 2.05) is 0 Å². The third-order valence-electron chi connectivity index (χ3n) is 7.03. The predicted molar refractivity (Wildman–Crippen MR) is 125 cm³/mol. The normalized spacial score (nSPS) is 18.7. The summed E-state index contributed by atoms with van der Waals surface area (Å²) >= 11 is 0. The molecule has 0 unspecified atom stereocenters. The van der Waals surface area contributed by atoms with Crippen LogP contribution in [0.25, 0.3) is 21.9 Å². The monoisotopic (exact) mass is 494 g/mol. The van der Waals surface area contributed by atoms with Gasteiger partial charge in [-0.2, -0.15) is 0 Å². The van der Waals surface area contributed by atoms with Crippen LogP contribution >= 0.6 is 0 Å². The zero-order valence-corrected chi connectivity index (χ0v) is 19.5. The maximum absolute atomic E-state index is 15.1. The summed E-state index contributed by atoms with van der Waals surface area (Å²) in [4.78, 5) is 0. The van der Waals surface area contributed by atoms with Crippen molar-refractivity contribution in [1.29, 1.82) is 0 Å². The second kappa shape index (κ2) is 10.5. The van der Waals surface area contributed by atoms with Crippen LogP contribution in [-0.2, 0) is 0 Å². The van der Waals surface area contributed by atoms with Crippen LogP contribution in [0.5, 0.6) is 5.75 Å². The summed E-state index contributed by atoms with van der Waals surface area (Å²) in [5.74, 6) is -2.75. The Balaban J connectivity index is 1.54. The molecule has 3 aromatic rings. The van der Waals surface area contributed by atoms with Gasteiger partial charge in [0.2, 0.25) is 0 Å². The van der Waals surface area contributed by atoms with Crippen molar-refractivity contribution in [2.24, 2.45) is 5.92 Å². The quantitative estimate of drug-likeness (QED) is 0.235. The van der Waals surface area contributed by atoms with Gasteiger partial charge in [-0.25, -0.2) is 13.2 Å². The fourth-order valence-electron chi connectivity index (χ4n) is 5.20. The molecule has 0 aromatic heterocycles. The number of alkyl halides is 3. The van der Waals surface area contributed by atoms with Crippen LogP contribution in [0.2, 0.25) is 0 Å². The standard InChI is InChI=1S/C28H28F6O/c1-2-3-4-5-17-6-8-18(9-7-17)21-15-23(29)26(24(30)16-21)20-10-12-22-19(14-20)11-13-25(27(22)31)35-28(32,33)34/h10-18H,2-9H2,1H3. The van der Waals surface area contributed by atoms with Crippen molar-refractivity contribution in [2.75, 3.05) is 0 Å². The van der Waals surface area contributed by atoms with Crippen LogP contribution in [0.3, 0.4) is 0 Å². The van der Waals surface area contributed by atoms with Crippen molar-refractivity contribution >= 4 is 10.8 Å². The van der Waals surface area contributed by atoms with E-state index in [2.05, 4.69) is 11.7 Å². The summed E-state index contributed by atoms with van der Waals surface area (Å²) < 4.78 is 85.8. The first-order valence-electron chi connectivity index (χ1n) is 12.1. The van der Waals surface area contributed by atoms with Crippen LogP contribution in [0.15, 0.2) is 42.5 Å². The van der Waals surface area contributed by atoms with Gasteiger partial charge in [-0.3, -0.25) is 0 Å². The van der Waals surface area contributed by atoms with Crippen molar-refractivity contribution in [1.82, 2.24) is 0 Å². The Bertz CT molecular complexity index is 1160. The molecule has 3 aromatic carbocycles. The molecule has 35 heavy (non-hydrogen) atoms. The Morgan fingerprint density at radius 3 is 2.17 bits per heavy atom.